The number of carbonyl (C=O) groups is 1. The van der Waals surface area contributed by atoms with Gasteiger partial charge in [-0.15, -0.1) is 0 Å². The number of benzene rings is 3. The smallest absolute Gasteiger partial charge is 0.261 e. The molecule has 0 aromatic heterocycles. The second-order valence-corrected chi connectivity index (χ2v) is 10.2. The van der Waals surface area contributed by atoms with Crippen LogP contribution >= 0.6 is 0 Å². The average Bonchev–Trinajstić information content (AvgIpc) is 2.89. The molecule has 3 aromatic rings. The summed E-state index contributed by atoms with van der Waals surface area (Å²) in [6.45, 7) is 6.59. The molecule has 3 aromatic carbocycles. The van der Waals surface area contributed by atoms with Crippen LogP contribution in [0.1, 0.15) is 22.8 Å². The highest BCUT2D eigenvalue weighted by Crippen LogP contribution is 2.29. The summed E-state index contributed by atoms with van der Waals surface area (Å²) in [6, 6.07) is 19.2. The Kier molecular flexibility index (Phi) is 7.69. The number of anilines is 2. The van der Waals surface area contributed by atoms with Crippen molar-refractivity contribution in [3.05, 3.63) is 77.9 Å². The molecular formula is C27H31N3O5S. The molecule has 0 aliphatic carbocycles. The summed E-state index contributed by atoms with van der Waals surface area (Å²) in [5.41, 5.74) is 2.53. The molecular weight excluding hydrogens is 478 g/mol. The van der Waals surface area contributed by atoms with Crippen molar-refractivity contribution in [3.63, 3.8) is 0 Å². The topological polar surface area (TPSA) is 88.2 Å². The van der Waals surface area contributed by atoms with Crippen LogP contribution in [0.5, 0.6) is 11.5 Å². The van der Waals surface area contributed by atoms with Crippen LogP contribution in [0.25, 0.3) is 0 Å². The fourth-order valence-corrected chi connectivity index (χ4v) is 5.29. The van der Waals surface area contributed by atoms with E-state index in [-0.39, 0.29) is 10.8 Å². The molecule has 1 aliphatic rings. The zero-order valence-electron chi connectivity index (χ0n) is 20.7. The van der Waals surface area contributed by atoms with Crippen LogP contribution < -0.4 is 19.1 Å². The minimum Gasteiger partial charge on any atom is -0.495 e. The number of para-hydroxylation sites is 2. The number of hydrogen-bond acceptors (Lipinski definition) is 6. The van der Waals surface area contributed by atoms with Crippen LogP contribution in [-0.2, 0) is 10.0 Å². The second-order valence-electron chi connectivity index (χ2n) is 8.49. The third kappa shape index (κ3) is 5.57. The first kappa shape index (κ1) is 25.4. The van der Waals surface area contributed by atoms with E-state index in [1.165, 1.54) is 12.1 Å². The third-order valence-corrected chi connectivity index (χ3v) is 7.54. The van der Waals surface area contributed by atoms with E-state index in [1.54, 1.807) is 42.3 Å². The van der Waals surface area contributed by atoms with Crippen LogP contribution in [0.4, 0.5) is 11.4 Å². The Hall–Kier alpha value is -3.72. The minimum atomic E-state index is -3.88. The Morgan fingerprint density at radius 3 is 2.33 bits per heavy atom. The summed E-state index contributed by atoms with van der Waals surface area (Å²) in [6.07, 6.45) is 0. The number of carbonyl (C=O) groups excluding carboxylic acids is 1. The fraction of sp³-hybridized carbons (Fsp3) is 0.296. The number of nitrogens with one attached hydrogen (secondary N) is 1. The molecule has 0 unspecified atom stereocenters. The first-order chi connectivity index (χ1) is 17.3. The summed E-state index contributed by atoms with van der Waals surface area (Å²) >= 11 is 0. The number of aryl methyl sites for hydroxylation is 1. The first-order valence-corrected chi connectivity index (χ1v) is 13.3. The number of methoxy groups -OCH3 is 1. The molecule has 190 valence electrons. The van der Waals surface area contributed by atoms with E-state index in [2.05, 4.69) is 9.62 Å². The van der Waals surface area contributed by atoms with Crippen molar-refractivity contribution in [1.29, 1.82) is 0 Å². The molecule has 1 heterocycles. The summed E-state index contributed by atoms with van der Waals surface area (Å²) in [5.74, 6) is 1.28. The van der Waals surface area contributed by atoms with Crippen LogP contribution in [0.15, 0.2) is 71.6 Å². The van der Waals surface area contributed by atoms with Gasteiger partial charge < -0.3 is 19.3 Å². The molecule has 0 atom stereocenters. The quantitative estimate of drug-likeness (QED) is 0.491. The van der Waals surface area contributed by atoms with Gasteiger partial charge in [0, 0.05) is 37.4 Å². The minimum absolute atomic E-state index is 0.0398. The molecule has 0 saturated carbocycles. The molecule has 1 aliphatic heterocycles. The molecule has 9 heteroatoms. The predicted octanol–water partition coefficient (Wildman–Crippen LogP) is 4.17. The van der Waals surface area contributed by atoms with Gasteiger partial charge in [-0.1, -0.05) is 18.2 Å². The van der Waals surface area contributed by atoms with Gasteiger partial charge in [0.2, 0.25) is 0 Å². The lowest BCUT2D eigenvalue weighted by Gasteiger charge is -2.36. The summed E-state index contributed by atoms with van der Waals surface area (Å²) in [7, 11) is -2.23. The highest BCUT2D eigenvalue weighted by atomic mass is 32.2. The molecule has 8 nitrogen and oxygen atoms in total. The standard InChI is InChI=1S/C27H31N3O5S/c1-4-35-22-12-10-21(11-13-22)28-36(32,33)23-14-9-20(2)24(19-23)27(31)30-17-15-29(16-18-30)25-7-5-6-8-26(25)34-3/h5-14,19,28H,4,15-18H2,1-3H3. The Labute approximate surface area is 212 Å². The molecule has 1 N–H and O–H groups in total. The van der Waals surface area contributed by atoms with Gasteiger partial charge in [0.1, 0.15) is 11.5 Å². The number of rotatable bonds is 8. The molecule has 4 rings (SSSR count). The van der Waals surface area contributed by atoms with E-state index in [0.717, 1.165) is 17.0 Å². The van der Waals surface area contributed by atoms with Gasteiger partial charge >= 0.3 is 0 Å². The molecule has 1 saturated heterocycles. The van der Waals surface area contributed by atoms with Gasteiger partial charge in [-0.3, -0.25) is 9.52 Å². The number of sulfonamides is 1. The Morgan fingerprint density at radius 1 is 0.972 bits per heavy atom. The number of amides is 1. The largest absolute Gasteiger partial charge is 0.495 e. The summed E-state index contributed by atoms with van der Waals surface area (Å²) in [4.78, 5) is 17.4. The number of ether oxygens (including phenoxy) is 2. The van der Waals surface area contributed by atoms with Gasteiger partial charge in [0.25, 0.3) is 15.9 Å². The number of hydrogen-bond donors (Lipinski definition) is 1. The van der Waals surface area contributed by atoms with E-state index in [9.17, 15) is 13.2 Å². The Morgan fingerprint density at radius 2 is 1.67 bits per heavy atom. The van der Waals surface area contributed by atoms with E-state index >= 15 is 0 Å². The Bertz CT molecular complexity index is 1320. The normalized spacial score (nSPS) is 13.9. The van der Waals surface area contributed by atoms with Gasteiger partial charge in [0.05, 0.1) is 24.3 Å². The molecule has 1 fully saturated rings. The number of piperazine rings is 1. The van der Waals surface area contributed by atoms with Gasteiger partial charge in [0.15, 0.2) is 0 Å². The van der Waals surface area contributed by atoms with E-state index in [4.69, 9.17) is 9.47 Å². The Balaban J connectivity index is 1.47. The number of nitrogens with zero attached hydrogens (tertiary/aromatic N) is 2. The maximum Gasteiger partial charge on any atom is 0.261 e. The molecule has 1 amide bonds. The van der Waals surface area contributed by atoms with Crippen LogP contribution in [0.3, 0.4) is 0 Å². The highest BCUT2D eigenvalue weighted by molar-refractivity contribution is 7.92. The van der Waals surface area contributed by atoms with Crippen LogP contribution in [0.2, 0.25) is 0 Å². The highest BCUT2D eigenvalue weighted by Gasteiger charge is 2.26. The zero-order valence-corrected chi connectivity index (χ0v) is 21.5. The maximum absolute atomic E-state index is 13.4. The van der Waals surface area contributed by atoms with E-state index in [1.807, 2.05) is 38.1 Å². The van der Waals surface area contributed by atoms with Gasteiger partial charge in [-0.2, -0.15) is 0 Å². The molecule has 36 heavy (non-hydrogen) atoms. The lowest BCUT2D eigenvalue weighted by atomic mass is 10.1. The zero-order chi connectivity index (χ0) is 25.7. The summed E-state index contributed by atoms with van der Waals surface area (Å²) in [5, 5.41) is 0. The SMILES string of the molecule is CCOc1ccc(NS(=O)(=O)c2ccc(C)c(C(=O)N3CCN(c4ccccc4OC)CC3)c2)cc1. The van der Waals surface area contributed by atoms with Crippen molar-refractivity contribution in [2.75, 3.05) is 49.5 Å². The summed E-state index contributed by atoms with van der Waals surface area (Å²) < 4.78 is 39.5. The van der Waals surface area contributed by atoms with Crippen molar-refractivity contribution in [2.24, 2.45) is 0 Å². The van der Waals surface area contributed by atoms with E-state index in [0.29, 0.717) is 49.8 Å². The lowest BCUT2D eigenvalue weighted by molar-refractivity contribution is 0.0745. The molecule has 0 bridgehead atoms. The monoisotopic (exact) mass is 509 g/mol. The lowest BCUT2D eigenvalue weighted by Crippen LogP contribution is -2.49. The maximum atomic E-state index is 13.4. The van der Waals surface area contributed by atoms with Gasteiger partial charge in [-0.05, 0) is 67.9 Å². The van der Waals surface area contributed by atoms with Crippen molar-refractivity contribution < 1.29 is 22.7 Å². The van der Waals surface area contributed by atoms with Crippen molar-refractivity contribution in [3.8, 4) is 11.5 Å². The second kappa shape index (κ2) is 10.9. The van der Waals surface area contributed by atoms with Crippen molar-refractivity contribution >= 4 is 27.3 Å². The predicted molar refractivity (Wildman–Crippen MR) is 141 cm³/mol. The van der Waals surface area contributed by atoms with Crippen LogP contribution in [0, 0.1) is 6.92 Å². The van der Waals surface area contributed by atoms with Crippen LogP contribution in [-0.4, -0.2) is 59.1 Å². The third-order valence-electron chi connectivity index (χ3n) is 6.16. The van der Waals surface area contributed by atoms with Crippen molar-refractivity contribution in [2.45, 2.75) is 18.7 Å². The van der Waals surface area contributed by atoms with Gasteiger partial charge in [-0.25, -0.2) is 8.42 Å². The van der Waals surface area contributed by atoms with Crippen molar-refractivity contribution in [1.82, 2.24) is 4.90 Å². The first-order valence-electron chi connectivity index (χ1n) is 11.9. The fourth-order valence-electron chi connectivity index (χ4n) is 4.21. The van der Waals surface area contributed by atoms with E-state index < -0.39 is 10.0 Å². The molecule has 0 spiro atoms. The molecule has 0 radical (unpaired) electrons. The average molecular weight is 510 g/mol.